The first-order valence-electron chi connectivity index (χ1n) is 11.9. The van der Waals surface area contributed by atoms with Crippen LogP contribution < -0.4 is 10.2 Å². The summed E-state index contributed by atoms with van der Waals surface area (Å²) in [5.41, 5.74) is 1.10. The molecule has 1 aromatic carbocycles. The Morgan fingerprint density at radius 2 is 1.73 bits per heavy atom. The van der Waals surface area contributed by atoms with Gasteiger partial charge in [0.25, 0.3) is 5.91 Å². The van der Waals surface area contributed by atoms with E-state index in [-0.39, 0.29) is 36.2 Å². The van der Waals surface area contributed by atoms with E-state index < -0.39 is 17.5 Å². The van der Waals surface area contributed by atoms with E-state index >= 15 is 0 Å². The van der Waals surface area contributed by atoms with Crippen LogP contribution in [0.3, 0.4) is 0 Å². The molecule has 0 radical (unpaired) electrons. The molecule has 0 unspecified atom stereocenters. The average molecular weight is 457 g/mol. The molecule has 180 valence electrons. The van der Waals surface area contributed by atoms with Gasteiger partial charge in [0.05, 0.1) is 6.10 Å². The molecule has 0 spiro atoms. The Bertz CT molecular complexity index is 902. The van der Waals surface area contributed by atoms with Crippen LogP contribution in [0.15, 0.2) is 24.3 Å². The summed E-state index contributed by atoms with van der Waals surface area (Å²) in [6.07, 6.45) is -0.250. The Balaban J connectivity index is 1.47. The largest absolute Gasteiger partial charge is 0.369 e. The molecule has 8 nitrogen and oxygen atoms in total. The third-order valence-corrected chi connectivity index (χ3v) is 7.11. The molecule has 0 bridgehead atoms. The van der Waals surface area contributed by atoms with E-state index in [0.717, 1.165) is 31.9 Å². The molecule has 3 aliphatic heterocycles. The Morgan fingerprint density at radius 3 is 2.33 bits per heavy atom. The number of nitrogens with zero attached hydrogens (tertiary/aromatic N) is 3. The molecule has 4 rings (SSSR count). The maximum Gasteiger partial charge on any atom is 0.251 e. The molecular weight excluding hydrogens is 420 g/mol. The van der Waals surface area contributed by atoms with Crippen molar-refractivity contribution in [3.05, 3.63) is 29.8 Å². The van der Waals surface area contributed by atoms with Gasteiger partial charge >= 0.3 is 0 Å². The lowest BCUT2D eigenvalue weighted by atomic mass is 9.85. The summed E-state index contributed by atoms with van der Waals surface area (Å²) in [6, 6.07) is 6.27. The fourth-order valence-electron chi connectivity index (χ4n) is 5.04. The summed E-state index contributed by atoms with van der Waals surface area (Å²) < 4.78 is 5.63. The molecule has 0 saturated carbocycles. The lowest BCUT2D eigenvalue weighted by molar-refractivity contribution is -0.140. The minimum absolute atomic E-state index is 0.0512. The van der Waals surface area contributed by atoms with E-state index in [9.17, 15) is 14.4 Å². The highest BCUT2D eigenvalue weighted by atomic mass is 16.5. The van der Waals surface area contributed by atoms with Gasteiger partial charge < -0.3 is 24.8 Å². The van der Waals surface area contributed by atoms with Crippen LogP contribution in [0, 0.1) is 11.3 Å². The predicted octanol–water partition coefficient (Wildman–Crippen LogP) is 1.40. The van der Waals surface area contributed by atoms with Crippen LogP contribution in [-0.2, 0) is 14.3 Å². The zero-order chi connectivity index (χ0) is 23.9. The van der Waals surface area contributed by atoms with Crippen LogP contribution in [0.5, 0.6) is 0 Å². The molecular formula is C25H36N4O4. The Labute approximate surface area is 196 Å². The number of hydrogen-bond donors (Lipinski definition) is 1. The van der Waals surface area contributed by atoms with Crippen LogP contribution in [-0.4, -0.2) is 92.0 Å². The second kappa shape index (κ2) is 9.06. The van der Waals surface area contributed by atoms with E-state index in [4.69, 9.17) is 4.74 Å². The number of likely N-dealkylation sites (tertiary alicyclic amines) is 1. The van der Waals surface area contributed by atoms with Crippen LogP contribution >= 0.6 is 0 Å². The number of carbonyl (C=O) groups is 3. The molecule has 3 fully saturated rings. The van der Waals surface area contributed by atoms with Gasteiger partial charge in [-0.15, -0.1) is 0 Å². The van der Waals surface area contributed by atoms with E-state index in [1.807, 2.05) is 52.0 Å². The molecule has 3 heterocycles. The minimum atomic E-state index is -0.748. The number of rotatable bonds is 4. The maximum absolute atomic E-state index is 13.6. The van der Waals surface area contributed by atoms with Crippen LogP contribution in [0.25, 0.3) is 0 Å². The molecule has 0 aromatic heterocycles. The highest BCUT2D eigenvalue weighted by Gasteiger charge is 2.52. The molecule has 1 N–H and O–H groups in total. The third kappa shape index (κ3) is 4.77. The fourth-order valence-corrected chi connectivity index (χ4v) is 5.04. The summed E-state index contributed by atoms with van der Waals surface area (Å²) in [6.45, 7) is 12.2. The van der Waals surface area contributed by atoms with Crippen LogP contribution in [0.2, 0.25) is 0 Å². The van der Waals surface area contributed by atoms with Gasteiger partial charge in [-0.3, -0.25) is 14.4 Å². The van der Waals surface area contributed by atoms with Crippen LogP contribution in [0.4, 0.5) is 5.69 Å². The van der Waals surface area contributed by atoms with Crippen molar-refractivity contribution in [1.29, 1.82) is 0 Å². The number of nitrogens with one attached hydrogen (secondary N) is 1. The molecule has 8 heteroatoms. The van der Waals surface area contributed by atoms with E-state index in [0.29, 0.717) is 12.1 Å². The van der Waals surface area contributed by atoms with Crippen LogP contribution in [0.1, 0.15) is 38.1 Å². The van der Waals surface area contributed by atoms with Crippen molar-refractivity contribution in [2.75, 3.05) is 51.3 Å². The van der Waals surface area contributed by atoms with E-state index in [1.165, 1.54) is 0 Å². The zero-order valence-electron chi connectivity index (χ0n) is 20.3. The van der Waals surface area contributed by atoms with Crippen molar-refractivity contribution in [2.24, 2.45) is 11.3 Å². The zero-order valence-corrected chi connectivity index (χ0v) is 20.3. The second-order valence-electron chi connectivity index (χ2n) is 10.8. The number of benzene rings is 1. The standard InChI is InChI=1S/C25H36N4O4/c1-16-14-29(20-19(30)15-33-21(16)20)24(32)22(25(2,3)4)26-23(31)17-6-8-18(9-7-17)28-12-10-27(5)11-13-28/h6-9,16,20-22H,10-15H2,1-5H3,(H,26,31)/t16-,20-,21-,22-/m1/s1. The molecule has 4 atom stereocenters. The summed E-state index contributed by atoms with van der Waals surface area (Å²) in [5.74, 6) is -0.478. The summed E-state index contributed by atoms with van der Waals surface area (Å²) in [5, 5.41) is 2.96. The normalized spacial score (nSPS) is 26.9. The van der Waals surface area contributed by atoms with E-state index in [2.05, 4.69) is 22.2 Å². The number of amides is 2. The van der Waals surface area contributed by atoms with Gasteiger partial charge in [0.1, 0.15) is 18.7 Å². The summed E-state index contributed by atoms with van der Waals surface area (Å²) in [7, 11) is 2.12. The maximum atomic E-state index is 13.6. The predicted molar refractivity (Wildman–Crippen MR) is 126 cm³/mol. The Hall–Kier alpha value is -2.45. The minimum Gasteiger partial charge on any atom is -0.369 e. The SMILES string of the molecule is C[C@@H]1CN(C(=O)[C@@H](NC(=O)c2ccc(N3CCN(C)CC3)cc2)C(C)(C)C)[C@@H]2C(=O)CO[C@H]12. The number of likely N-dealkylation sites (N-methyl/N-ethyl adjacent to an activating group) is 1. The number of ketones is 1. The number of anilines is 1. The van der Waals surface area contributed by atoms with Gasteiger partial charge in [-0.05, 0) is 36.7 Å². The van der Waals surface area contributed by atoms with Gasteiger partial charge in [-0.2, -0.15) is 0 Å². The number of ether oxygens (including phenoxy) is 1. The molecule has 0 aliphatic carbocycles. The van der Waals surface area contributed by atoms with E-state index in [1.54, 1.807) is 4.90 Å². The van der Waals surface area contributed by atoms with Crippen molar-refractivity contribution in [3.8, 4) is 0 Å². The van der Waals surface area contributed by atoms with Crippen molar-refractivity contribution >= 4 is 23.3 Å². The van der Waals surface area contributed by atoms with Crippen molar-refractivity contribution < 1.29 is 19.1 Å². The Kier molecular flexibility index (Phi) is 6.51. The first-order chi connectivity index (χ1) is 15.6. The first-order valence-corrected chi connectivity index (χ1v) is 11.9. The first kappa shape index (κ1) is 23.7. The van der Waals surface area contributed by atoms with Gasteiger partial charge in [-0.25, -0.2) is 0 Å². The Morgan fingerprint density at radius 1 is 1.09 bits per heavy atom. The van der Waals surface area contributed by atoms with Crippen molar-refractivity contribution in [1.82, 2.24) is 15.1 Å². The number of carbonyl (C=O) groups excluding carboxylic acids is 3. The monoisotopic (exact) mass is 456 g/mol. The lowest BCUT2D eigenvalue weighted by Gasteiger charge is -2.35. The molecule has 1 aromatic rings. The number of hydrogen-bond acceptors (Lipinski definition) is 6. The van der Waals surface area contributed by atoms with Gasteiger partial charge in [0, 0.05) is 49.9 Å². The lowest BCUT2D eigenvalue weighted by Crippen LogP contribution is -2.57. The molecule has 2 amide bonds. The third-order valence-electron chi connectivity index (χ3n) is 7.11. The van der Waals surface area contributed by atoms with Crippen molar-refractivity contribution in [3.63, 3.8) is 0 Å². The number of fused-ring (bicyclic) bond motifs is 1. The van der Waals surface area contributed by atoms with Crippen molar-refractivity contribution in [2.45, 2.75) is 45.9 Å². The van der Waals surface area contributed by atoms with Gasteiger partial charge in [-0.1, -0.05) is 27.7 Å². The number of piperazine rings is 1. The van der Waals surface area contributed by atoms with Gasteiger partial charge in [0.15, 0.2) is 5.78 Å². The highest BCUT2D eigenvalue weighted by Crippen LogP contribution is 2.33. The van der Waals surface area contributed by atoms with Gasteiger partial charge in [0.2, 0.25) is 5.91 Å². The summed E-state index contributed by atoms with van der Waals surface area (Å²) in [4.78, 5) is 45.3. The molecule has 3 saturated heterocycles. The average Bonchev–Trinajstić information content (AvgIpc) is 3.32. The summed E-state index contributed by atoms with van der Waals surface area (Å²) >= 11 is 0. The fraction of sp³-hybridized carbons (Fsp3) is 0.640. The number of Topliss-reactive ketones (excluding diaryl/α,β-unsaturated/α-hetero) is 1. The topological polar surface area (TPSA) is 82.2 Å². The highest BCUT2D eigenvalue weighted by molar-refractivity contribution is 5.99. The second-order valence-corrected chi connectivity index (χ2v) is 10.8. The molecule has 3 aliphatic rings. The molecule has 33 heavy (non-hydrogen) atoms. The smallest absolute Gasteiger partial charge is 0.251 e. The quantitative estimate of drug-likeness (QED) is 0.738.